The lowest BCUT2D eigenvalue weighted by Gasteiger charge is -2.20. The summed E-state index contributed by atoms with van der Waals surface area (Å²) in [5.74, 6) is -0.0664. The Bertz CT molecular complexity index is 735. The maximum absolute atomic E-state index is 12.4. The Morgan fingerprint density at radius 1 is 0.451 bits per heavy atom. The quantitative estimate of drug-likeness (QED) is 0.0435. The first-order valence-electron chi connectivity index (χ1n) is 23.1. The van der Waals surface area contributed by atoms with E-state index < -0.39 is 12.1 Å². The molecule has 4 heteroatoms. The van der Waals surface area contributed by atoms with Gasteiger partial charge in [-0.15, -0.1) is 0 Å². The number of unbranched alkanes of at least 4 members (excludes halogenated alkanes) is 33. The molecule has 0 saturated carbocycles. The molecule has 2 atom stereocenters. The Morgan fingerprint density at radius 3 is 1.08 bits per heavy atom. The van der Waals surface area contributed by atoms with Crippen molar-refractivity contribution in [3.8, 4) is 0 Å². The van der Waals surface area contributed by atoms with Crippen molar-refractivity contribution in [2.75, 3.05) is 6.61 Å². The molecule has 4 nitrogen and oxygen atoms in total. The number of allylic oxidation sites excluding steroid dienone is 3. The highest BCUT2D eigenvalue weighted by Gasteiger charge is 2.17. The molecule has 0 heterocycles. The Labute approximate surface area is 319 Å². The molecular formula is C47H91NO3. The summed E-state index contributed by atoms with van der Waals surface area (Å²) in [4.78, 5) is 12.4. The largest absolute Gasteiger partial charge is 0.394 e. The van der Waals surface area contributed by atoms with Crippen molar-refractivity contribution in [2.24, 2.45) is 0 Å². The van der Waals surface area contributed by atoms with Gasteiger partial charge in [-0.05, 0) is 44.9 Å². The van der Waals surface area contributed by atoms with Crippen LogP contribution in [0.25, 0.3) is 0 Å². The smallest absolute Gasteiger partial charge is 0.220 e. The first-order valence-corrected chi connectivity index (χ1v) is 23.1. The number of carbonyl (C=O) groups excluding carboxylic acids is 1. The third-order valence-corrected chi connectivity index (χ3v) is 10.7. The molecule has 302 valence electrons. The third-order valence-electron chi connectivity index (χ3n) is 10.7. The van der Waals surface area contributed by atoms with Crippen LogP contribution in [0.2, 0.25) is 0 Å². The summed E-state index contributed by atoms with van der Waals surface area (Å²) >= 11 is 0. The van der Waals surface area contributed by atoms with Gasteiger partial charge in [0.1, 0.15) is 0 Å². The van der Waals surface area contributed by atoms with E-state index in [1.807, 2.05) is 6.08 Å². The Hall–Kier alpha value is -1.13. The van der Waals surface area contributed by atoms with Gasteiger partial charge in [-0.25, -0.2) is 0 Å². The molecule has 0 saturated heterocycles. The van der Waals surface area contributed by atoms with Crippen molar-refractivity contribution in [3.63, 3.8) is 0 Å². The lowest BCUT2D eigenvalue weighted by Crippen LogP contribution is -2.45. The zero-order chi connectivity index (χ0) is 37.1. The topological polar surface area (TPSA) is 69.6 Å². The molecule has 0 aliphatic heterocycles. The van der Waals surface area contributed by atoms with Gasteiger partial charge < -0.3 is 15.5 Å². The SMILES string of the molecule is CCCCCCCC/C=C\CCCCCCCCCC(=O)NC(CO)C(O)/C=C/CCCCCCCCCCCCCCCCCCCCCC. The van der Waals surface area contributed by atoms with Crippen molar-refractivity contribution in [3.05, 3.63) is 24.3 Å². The van der Waals surface area contributed by atoms with Crippen molar-refractivity contribution in [1.29, 1.82) is 0 Å². The molecule has 0 aromatic heterocycles. The fourth-order valence-electron chi connectivity index (χ4n) is 7.11. The average Bonchev–Trinajstić information content (AvgIpc) is 3.13. The molecular weight excluding hydrogens is 627 g/mol. The fraction of sp³-hybridized carbons (Fsp3) is 0.894. The van der Waals surface area contributed by atoms with Gasteiger partial charge in [0.25, 0.3) is 0 Å². The lowest BCUT2D eigenvalue weighted by molar-refractivity contribution is -0.123. The summed E-state index contributed by atoms with van der Waals surface area (Å²) in [5.41, 5.74) is 0. The van der Waals surface area contributed by atoms with Crippen LogP contribution >= 0.6 is 0 Å². The highest BCUT2D eigenvalue weighted by molar-refractivity contribution is 5.76. The van der Waals surface area contributed by atoms with E-state index in [9.17, 15) is 15.0 Å². The monoisotopic (exact) mass is 718 g/mol. The predicted molar refractivity (Wildman–Crippen MR) is 225 cm³/mol. The second-order valence-electron chi connectivity index (χ2n) is 15.8. The van der Waals surface area contributed by atoms with Crippen LogP contribution in [0.3, 0.4) is 0 Å². The summed E-state index contributed by atoms with van der Waals surface area (Å²) in [6, 6.07) is -0.622. The van der Waals surface area contributed by atoms with Gasteiger partial charge in [-0.2, -0.15) is 0 Å². The standard InChI is InChI=1S/C47H91NO3/c1-3-5-7-9-11-13-15-17-19-21-22-23-24-25-27-28-30-32-34-36-38-40-42-46(50)45(44-49)48-47(51)43-41-39-37-35-33-31-29-26-20-18-16-14-12-10-8-6-4-2/h18,20,40,42,45-46,49-50H,3-17,19,21-39,41,43-44H2,1-2H3,(H,48,51)/b20-18-,42-40+. The summed E-state index contributed by atoms with van der Waals surface area (Å²) in [5, 5.41) is 23.0. The van der Waals surface area contributed by atoms with E-state index >= 15 is 0 Å². The number of hydrogen-bond donors (Lipinski definition) is 3. The second-order valence-corrected chi connectivity index (χ2v) is 15.8. The Kier molecular flexibility index (Phi) is 42.3. The van der Waals surface area contributed by atoms with Crippen molar-refractivity contribution >= 4 is 5.91 Å². The first kappa shape index (κ1) is 49.9. The van der Waals surface area contributed by atoms with Crippen LogP contribution < -0.4 is 5.32 Å². The Morgan fingerprint density at radius 2 is 0.745 bits per heavy atom. The van der Waals surface area contributed by atoms with Crippen LogP contribution in [0.4, 0.5) is 0 Å². The van der Waals surface area contributed by atoms with Crippen molar-refractivity contribution < 1.29 is 15.0 Å². The first-order chi connectivity index (χ1) is 25.2. The number of aliphatic hydroxyl groups is 2. The molecule has 3 N–H and O–H groups in total. The minimum absolute atomic E-state index is 0.0664. The van der Waals surface area contributed by atoms with E-state index in [1.165, 1.54) is 205 Å². The molecule has 2 unspecified atom stereocenters. The molecule has 0 aliphatic rings. The minimum atomic E-state index is -0.838. The maximum atomic E-state index is 12.4. The second kappa shape index (κ2) is 43.3. The highest BCUT2D eigenvalue weighted by Crippen LogP contribution is 2.16. The summed E-state index contributed by atoms with van der Waals surface area (Å²) in [6.45, 7) is 4.32. The molecule has 51 heavy (non-hydrogen) atoms. The number of nitrogens with one attached hydrogen (secondary N) is 1. The minimum Gasteiger partial charge on any atom is -0.394 e. The van der Waals surface area contributed by atoms with Gasteiger partial charge in [0.15, 0.2) is 0 Å². The molecule has 0 aromatic rings. The molecule has 0 fully saturated rings. The fourth-order valence-corrected chi connectivity index (χ4v) is 7.11. The van der Waals surface area contributed by atoms with E-state index in [0.717, 1.165) is 25.7 Å². The van der Waals surface area contributed by atoms with Crippen LogP contribution in [0.1, 0.15) is 251 Å². The van der Waals surface area contributed by atoms with E-state index in [0.29, 0.717) is 6.42 Å². The number of amides is 1. The van der Waals surface area contributed by atoms with Gasteiger partial charge in [0, 0.05) is 6.42 Å². The summed E-state index contributed by atoms with van der Waals surface area (Å²) < 4.78 is 0. The zero-order valence-electron chi connectivity index (χ0n) is 34.6. The zero-order valence-corrected chi connectivity index (χ0v) is 34.6. The molecule has 0 aliphatic carbocycles. The third kappa shape index (κ3) is 39.9. The summed E-state index contributed by atoms with van der Waals surface area (Å²) in [7, 11) is 0. The van der Waals surface area contributed by atoms with Crippen molar-refractivity contribution in [1.82, 2.24) is 5.32 Å². The van der Waals surface area contributed by atoms with E-state index in [4.69, 9.17) is 0 Å². The lowest BCUT2D eigenvalue weighted by atomic mass is 10.0. The molecule has 0 radical (unpaired) electrons. The van der Waals surface area contributed by atoms with Crippen LogP contribution in [0.15, 0.2) is 24.3 Å². The van der Waals surface area contributed by atoms with Gasteiger partial charge in [-0.3, -0.25) is 4.79 Å². The summed E-state index contributed by atoms with van der Waals surface area (Å²) in [6.07, 6.45) is 55.8. The Balaban J connectivity index is 3.54. The number of hydrogen-bond acceptors (Lipinski definition) is 3. The predicted octanol–water partition coefficient (Wildman–Crippen LogP) is 14.4. The normalized spacial score (nSPS) is 13.1. The van der Waals surface area contributed by atoms with Crippen LogP contribution in [0, 0.1) is 0 Å². The number of rotatable bonds is 42. The highest BCUT2D eigenvalue weighted by atomic mass is 16.3. The number of aliphatic hydroxyl groups excluding tert-OH is 2. The van der Waals surface area contributed by atoms with Gasteiger partial charge in [0.05, 0.1) is 18.8 Å². The van der Waals surface area contributed by atoms with Crippen molar-refractivity contribution in [2.45, 2.75) is 264 Å². The van der Waals surface area contributed by atoms with Crippen LogP contribution in [-0.2, 0) is 4.79 Å². The number of carbonyl (C=O) groups is 1. The molecule has 0 bridgehead atoms. The average molecular weight is 718 g/mol. The van der Waals surface area contributed by atoms with E-state index in [2.05, 4.69) is 31.3 Å². The van der Waals surface area contributed by atoms with Gasteiger partial charge >= 0.3 is 0 Å². The van der Waals surface area contributed by atoms with Gasteiger partial charge in [0.2, 0.25) is 5.91 Å². The molecule has 1 amide bonds. The molecule has 0 spiro atoms. The molecule has 0 aromatic carbocycles. The van der Waals surface area contributed by atoms with E-state index in [-0.39, 0.29) is 12.5 Å². The van der Waals surface area contributed by atoms with Crippen LogP contribution in [0.5, 0.6) is 0 Å². The van der Waals surface area contributed by atoms with E-state index in [1.54, 1.807) is 6.08 Å². The molecule has 0 rings (SSSR count). The van der Waals surface area contributed by atoms with Gasteiger partial charge in [-0.1, -0.05) is 224 Å². The maximum Gasteiger partial charge on any atom is 0.220 e. The van der Waals surface area contributed by atoms with Crippen LogP contribution in [-0.4, -0.2) is 34.9 Å².